The summed E-state index contributed by atoms with van der Waals surface area (Å²) in [5.74, 6) is 0.0597. The summed E-state index contributed by atoms with van der Waals surface area (Å²) in [7, 11) is 0. The Kier molecular flexibility index (Phi) is 4.49. The molecule has 0 heterocycles. The van der Waals surface area contributed by atoms with Crippen LogP contribution in [0.4, 0.5) is 8.78 Å². The predicted octanol–water partition coefficient (Wildman–Crippen LogP) is 3.58. The first-order valence-electron chi connectivity index (χ1n) is 3.81. The van der Waals surface area contributed by atoms with Crippen LogP contribution in [0.2, 0.25) is 0 Å². The van der Waals surface area contributed by atoms with Crippen LogP contribution in [0.25, 0.3) is 0 Å². The highest BCUT2D eigenvalue weighted by Crippen LogP contribution is 2.21. The lowest BCUT2D eigenvalue weighted by Crippen LogP contribution is -2.02. The van der Waals surface area contributed by atoms with Crippen LogP contribution in [0, 0.1) is 5.92 Å². The molecular weight excluding hydrogens is 158 g/mol. The SMILES string of the molecule is C=C/C(=C(\C=C)C(F)F)C(C)C. The second-order valence-electron chi connectivity index (χ2n) is 2.77. The Morgan fingerprint density at radius 2 is 1.50 bits per heavy atom. The van der Waals surface area contributed by atoms with Crippen LogP contribution in [0.3, 0.4) is 0 Å². The number of alkyl halides is 2. The molecule has 0 aromatic heterocycles. The molecule has 0 rings (SSSR count). The average Bonchev–Trinajstić information content (AvgIpc) is 1.98. The van der Waals surface area contributed by atoms with E-state index in [1.165, 1.54) is 12.2 Å². The minimum Gasteiger partial charge on any atom is -0.205 e. The lowest BCUT2D eigenvalue weighted by atomic mass is 9.97. The molecule has 0 aliphatic heterocycles. The molecule has 0 unspecified atom stereocenters. The molecule has 0 radical (unpaired) electrons. The summed E-state index contributed by atoms with van der Waals surface area (Å²) in [4.78, 5) is 0. The van der Waals surface area contributed by atoms with E-state index in [0.29, 0.717) is 5.57 Å². The van der Waals surface area contributed by atoms with Crippen molar-refractivity contribution in [2.75, 3.05) is 0 Å². The van der Waals surface area contributed by atoms with Gasteiger partial charge in [-0.15, -0.1) is 0 Å². The van der Waals surface area contributed by atoms with E-state index in [2.05, 4.69) is 13.2 Å². The summed E-state index contributed by atoms with van der Waals surface area (Å²) in [6.07, 6.45) is 0.202. The molecule has 0 N–H and O–H groups in total. The molecule has 0 bridgehead atoms. The lowest BCUT2D eigenvalue weighted by molar-refractivity contribution is 0.192. The fourth-order valence-corrected chi connectivity index (χ4v) is 1.02. The normalized spacial score (nSPS) is 13.2. The first kappa shape index (κ1) is 11.1. The topological polar surface area (TPSA) is 0 Å². The lowest BCUT2D eigenvalue weighted by Gasteiger charge is -2.11. The highest BCUT2D eigenvalue weighted by molar-refractivity contribution is 5.34. The molecule has 0 fully saturated rings. The van der Waals surface area contributed by atoms with Gasteiger partial charge in [0.2, 0.25) is 0 Å². The van der Waals surface area contributed by atoms with E-state index < -0.39 is 6.43 Å². The van der Waals surface area contributed by atoms with Gasteiger partial charge in [0, 0.05) is 5.57 Å². The van der Waals surface area contributed by atoms with Crippen LogP contribution in [-0.2, 0) is 0 Å². The third-order valence-electron chi connectivity index (χ3n) is 1.63. The molecule has 0 saturated heterocycles. The molecule has 0 saturated carbocycles. The maximum atomic E-state index is 12.3. The minimum absolute atomic E-state index is 0.0139. The van der Waals surface area contributed by atoms with Crippen molar-refractivity contribution >= 4 is 0 Å². The van der Waals surface area contributed by atoms with Crippen molar-refractivity contribution in [2.24, 2.45) is 5.92 Å². The second-order valence-corrected chi connectivity index (χ2v) is 2.77. The van der Waals surface area contributed by atoms with Crippen molar-refractivity contribution in [3.63, 3.8) is 0 Å². The molecule has 68 valence electrons. The van der Waals surface area contributed by atoms with Crippen LogP contribution in [0.5, 0.6) is 0 Å². The van der Waals surface area contributed by atoms with Gasteiger partial charge in [0.05, 0.1) is 0 Å². The van der Waals surface area contributed by atoms with Crippen molar-refractivity contribution in [3.8, 4) is 0 Å². The zero-order chi connectivity index (χ0) is 9.72. The van der Waals surface area contributed by atoms with E-state index >= 15 is 0 Å². The van der Waals surface area contributed by atoms with Crippen LogP contribution >= 0.6 is 0 Å². The van der Waals surface area contributed by atoms with Crippen molar-refractivity contribution in [1.29, 1.82) is 0 Å². The molecule has 0 aromatic carbocycles. The van der Waals surface area contributed by atoms with E-state index in [4.69, 9.17) is 0 Å². The first-order valence-corrected chi connectivity index (χ1v) is 3.81. The Hall–Kier alpha value is -0.920. The summed E-state index contributed by atoms with van der Waals surface area (Å²) in [5, 5.41) is 0. The molecule has 0 spiro atoms. The van der Waals surface area contributed by atoms with Gasteiger partial charge < -0.3 is 0 Å². The zero-order valence-electron chi connectivity index (χ0n) is 7.48. The van der Waals surface area contributed by atoms with E-state index in [1.807, 2.05) is 13.8 Å². The highest BCUT2D eigenvalue weighted by atomic mass is 19.3. The Morgan fingerprint density at radius 3 is 1.58 bits per heavy atom. The Balaban J connectivity index is 5.00. The van der Waals surface area contributed by atoms with Crippen molar-refractivity contribution in [1.82, 2.24) is 0 Å². The quantitative estimate of drug-likeness (QED) is 0.568. The second kappa shape index (κ2) is 4.86. The third-order valence-corrected chi connectivity index (χ3v) is 1.63. The Bertz CT molecular complexity index is 178. The number of allylic oxidation sites excluding steroid dienone is 4. The standard InChI is InChI=1S/C10H14F2/c1-5-8(7(3)4)9(6-2)10(11)12/h5-7,10H,1-2H2,3-4H3/b9-8-. The smallest absolute Gasteiger partial charge is 0.205 e. The molecular formula is C10H14F2. The molecule has 0 aromatic rings. The van der Waals surface area contributed by atoms with E-state index in [0.717, 1.165) is 0 Å². The summed E-state index contributed by atoms with van der Waals surface area (Å²) in [6, 6.07) is 0. The maximum absolute atomic E-state index is 12.3. The van der Waals surface area contributed by atoms with Gasteiger partial charge in [-0.1, -0.05) is 39.2 Å². The number of halogens is 2. The van der Waals surface area contributed by atoms with Gasteiger partial charge in [0.25, 0.3) is 6.43 Å². The van der Waals surface area contributed by atoms with Crippen molar-refractivity contribution < 1.29 is 8.78 Å². The summed E-state index contributed by atoms with van der Waals surface area (Å²) >= 11 is 0. The molecule has 0 nitrogen and oxygen atoms in total. The minimum atomic E-state index is -2.46. The van der Waals surface area contributed by atoms with Gasteiger partial charge in [-0.3, -0.25) is 0 Å². The maximum Gasteiger partial charge on any atom is 0.264 e. The zero-order valence-corrected chi connectivity index (χ0v) is 7.48. The number of hydrogen-bond donors (Lipinski definition) is 0. The van der Waals surface area contributed by atoms with Gasteiger partial charge in [0.15, 0.2) is 0 Å². The predicted molar refractivity (Wildman–Crippen MR) is 48.3 cm³/mol. The van der Waals surface area contributed by atoms with Crippen LogP contribution in [0.15, 0.2) is 36.5 Å². The van der Waals surface area contributed by atoms with Gasteiger partial charge in [-0.2, -0.15) is 0 Å². The van der Waals surface area contributed by atoms with Crippen LogP contribution in [-0.4, -0.2) is 6.43 Å². The molecule has 0 aliphatic carbocycles. The fraction of sp³-hybridized carbons (Fsp3) is 0.400. The summed E-state index contributed by atoms with van der Waals surface area (Å²) in [6.45, 7) is 10.5. The van der Waals surface area contributed by atoms with Crippen molar-refractivity contribution in [3.05, 3.63) is 36.5 Å². The fourth-order valence-electron chi connectivity index (χ4n) is 1.02. The van der Waals surface area contributed by atoms with Gasteiger partial charge in [0.1, 0.15) is 0 Å². The molecule has 0 aliphatic rings. The first-order chi connectivity index (χ1) is 5.54. The van der Waals surface area contributed by atoms with Crippen molar-refractivity contribution in [2.45, 2.75) is 20.3 Å². The van der Waals surface area contributed by atoms with Gasteiger partial charge >= 0.3 is 0 Å². The molecule has 2 heteroatoms. The van der Waals surface area contributed by atoms with Crippen LogP contribution < -0.4 is 0 Å². The summed E-state index contributed by atoms with van der Waals surface area (Å²) < 4.78 is 24.6. The van der Waals surface area contributed by atoms with E-state index in [9.17, 15) is 8.78 Å². The number of rotatable bonds is 4. The van der Waals surface area contributed by atoms with Gasteiger partial charge in [-0.05, 0) is 11.5 Å². The number of hydrogen-bond acceptors (Lipinski definition) is 0. The third kappa shape index (κ3) is 2.61. The summed E-state index contributed by atoms with van der Waals surface area (Å²) in [5.41, 5.74) is 0.556. The van der Waals surface area contributed by atoms with Crippen LogP contribution in [0.1, 0.15) is 13.8 Å². The highest BCUT2D eigenvalue weighted by Gasteiger charge is 2.13. The van der Waals surface area contributed by atoms with E-state index in [1.54, 1.807) is 0 Å². The monoisotopic (exact) mass is 172 g/mol. The molecule has 0 atom stereocenters. The molecule has 12 heavy (non-hydrogen) atoms. The van der Waals surface area contributed by atoms with E-state index in [-0.39, 0.29) is 11.5 Å². The average molecular weight is 172 g/mol. The Morgan fingerprint density at radius 1 is 1.08 bits per heavy atom. The largest absolute Gasteiger partial charge is 0.264 e. The van der Waals surface area contributed by atoms with Gasteiger partial charge in [-0.25, -0.2) is 8.78 Å². The molecule has 0 amide bonds. The Labute approximate surface area is 72.3 Å².